The summed E-state index contributed by atoms with van der Waals surface area (Å²) in [5, 5.41) is 10.6. The lowest BCUT2D eigenvalue weighted by Crippen LogP contribution is -2.34. The number of aromatic hydroxyl groups is 1. The minimum Gasteiger partial charge on any atom is -0.508 e. The second kappa shape index (κ2) is 6.41. The third-order valence-corrected chi connectivity index (χ3v) is 3.89. The van der Waals surface area contributed by atoms with Crippen LogP contribution in [0.5, 0.6) is 5.75 Å². The van der Waals surface area contributed by atoms with Gasteiger partial charge in [-0.2, -0.15) is 0 Å². The second-order valence-electron chi connectivity index (χ2n) is 4.90. The normalized spacial score (nSPS) is 19.4. The molecule has 1 fully saturated rings. The van der Waals surface area contributed by atoms with Crippen molar-refractivity contribution in [3.8, 4) is 5.75 Å². The van der Waals surface area contributed by atoms with E-state index in [2.05, 4.69) is 4.90 Å². The first kappa shape index (κ1) is 13.7. The fourth-order valence-corrected chi connectivity index (χ4v) is 2.85. The van der Waals surface area contributed by atoms with Gasteiger partial charge >= 0.3 is 0 Å². The fraction of sp³-hybridized carbons (Fsp3) is 0.571. The van der Waals surface area contributed by atoms with Crippen molar-refractivity contribution in [2.75, 3.05) is 19.6 Å². The van der Waals surface area contributed by atoms with Gasteiger partial charge in [0.1, 0.15) is 5.75 Å². The molecule has 1 unspecified atom stereocenters. The van der Waals surface area contributed by atoms with E-state index in [0.29, 0.717) is 17.3 Å². The van der Waals surface area contributed by atoms with Gasteiger partial charge in [0.05, 0.1) is 6.04 Å². The Morgan fingerprint density at radius 2 is 1.89 bits per heavy atom. The van der Waals surface area contributed by atoms with Crippen LogP contribution in [0.1, 0.15) is 37.3 Å². The first-order valence-corrected chi connectivity index (χ1v) is 7.02. The molecular weight excluding hydrogens is 248 g/mol. The summed E-state index contributed by atoms with van der Waals surface area (Å²) in [4.78, 5) is 2.37. The van der Waals surface area contributed by atoms with E-state index in [4.69, 9.17) is 17.3 Å². The predicted octanol–water partition coefficient (Wildman–Crippen LogP) is 2.92. The van der Waals surface area contributed by atoms with Gasteiger partial charge < -0.3 is 10.8 Å². The summed E-state index contributed by atoms with van der Waals surface area (Å²) in [5.41, 5.74) is 6.76. The molecule has 3 nitrogen and oxygen atoms in total. The molecule has 0 saturated carbocycles. The summed E-state index contributed by atoms with van der Waals surface area (Å²) >= 11 is 6.02. The van der Waals surface area contributed by atoms with Crippen LogP contribution in [-0.2, 0) is 0 Å². The van der Waals surface area contributed by atoms with Gasteiger partial charge in [-0.25, -0.2) is 0 Å². The highest BCUT2D eigenvalue weighted by Crippen LogP contribution is 2.31. The molecule has 0 aromatic heterocycles. The number of phenols is 1. The zero-order valence-corrected chi connectivity index (χ0v) is 11.4. The van der Waals surface area contributed by atoms with Crippen LogP contribution in [-0.4, -0.2) is 29.6 Å². The molecule has 1 aromatic rings. The molecule has 0 spiro atoms. The Morgan fingerprint density at radius 1 is 1.22 bits per heavy atom. The predicted molar refractivity (Wildman–Crippen MR) is 75.0 cm³/mol. The number of nitrogens with two attached hydrogens (primary N) is 1. The third kappa shape index (κ3) is 3.16. The summed E-state index contributed by atoms with van der Waals surface area (Å²) in [6, 6.07) is 5.26. The van der Waals surface area contributed by atoms with Crippen LogP contribution in [0.25, 0.3) is 0 Å². The van der Waals surface area contributed by atoms with Crippen molar-refractivity contribution >= 4 is 11.6 Å². The first-order chi connectivity index (χ1) is 8.72. The quantitative estimate of drug-likeness (QED) is 0.886. The molecule has 1 aliphatic rings. The highest BCUT2D eigenvalue weighted by atomic mass is 35.5. The summed E-state index contributed by atoms with van der Waals surface area (Å²) in [6.45, 7) is 2.61. The van der Waals surface area contributed by atoms with Crippen molar-refractivity contribution in [1.29, 1.82) is 0 Å². The van der Waals surface area contributed by atoms with Crippen LogP contribution in [0.2, 0.25) is 5.02 Å². The second-order valence-corrected chi connectivity index (χ2v) is 5.34. The molecule has 18 heavy (non-hydrogen) atoms. The lowest BCUT2D eigenvalue weighted by atomic mass is 10.0. The molecule has 0 bridgehead atoms. The van der Waals surface area contributed by atoms with E-state index in [0.717, 1.165) is 18.7 Å². The lowest BCUT2D eigenvalue weighted by Gasteiger charge is -2.30. The van der Waals surface area contributed by atoms with E-state index in [9.17, 15) is 5.11 Å². The number of rotatable bonds is 3. The molecule has 1 aromatic carbocycles. The van der Waals surface area contributed by atoms with Gasteiger partial charge in [0.2, 0.25) is 0 Å². The monoisotopic (exact) mass is 268 g/mol. The van der Waals surface area contributed by atoms with E-state index >= 15 is 0 Å². The number of benzene rings is 1. The highest BCUT2D eigenvalue weighted by molar-refractivity contribution is 6.30. The average Bonchev–Trinajstić information content (AvgIpc) is 2.64. The van der Waals surface area contributed by atoms with Crippen LogP contribution >= 0.6 is 11.6 Å². The minimum atomic E-state index is 0.0711. The largest absolute Gasteiger partial charge is 0.508 e. The van der Waals surface area contributed by atoms with Gasteiger partial charge in [-0.15, -0.1) is 0 Å². The summed E-state index contributed by atoms with van der Waals surface area (Å²) in [7, 11) is 0. The lowest BCUT2D eigenvalue weighted by molar-refractivity contribution is 0.206. The maximum absolute atomic E-state index is 10.00. The van der Waals surface area contributed by atoms with Crippen molar-refractivity contribution in [2.45, 2.75) is 31.7 Å². The number of hydrogen-bond acceptors (Lipinski definition) is 3. The van der Waals surface area contributed by atoms with Gasteiger partial charge in [-0.05, 0) is 44.1 Å². The number of phenolic OH excluding ortho intramolecular Hbond substituents is 1. The summed E-state index contributed by atoms with van der Waals surface area (Å²) < 4.78 is 0. The van der Waals surface area contributed by atoms with Crippen molar-refractivity contribution in [2.24, 2.45) is 5.73 Å². The maximum atomic E-state index is 10.00. The Morgan fingerprint density at radius 3 is 2.50 bits per heavy atom. The van der Waals surface area contributed by atoms with E-state index in [-0.39, 0.29) is 6.04 Å². The van der Waals surface area contributed by atoms with Gasteiger partial charge in [-0.3, -0.25) is 4.90 Å². The Labute approximate surface area is 114 Å². The van der Waals surface area contributed by atoms with Gasteiger partial charge in [0.15, 0.2) is 0 Å². The van der Waals surface area contributed by atoms with E-state index in [1.54, 1.807) is 12.1 Å². The van der Waals surface area contributed by atoms with Crippen molar-refractivity contribution in [1.82, 2.24) is 4.90 Å². The Hall–Kier alpha value is -0.770. The molecule has 1 heterocycles. The molecular formula is C14H21ClN2O. The van der Waals surface area contributed by atoms with Gasteiger partial charge in [-0.1, -0.05) is 24.4 Å². The van der Waals surface area contributed by atoms with Crippen molar-refractivity contribution in [3.63, 3.8) is 0 Å². The summed E-state index contributed by atoms with van der Waals surface area (Å²) in [5.74, 6) is 0.291. The first-order valence-electron chi connectivity index (χ1n) is 6.65. The van der Waals surface area contributed by atoms with E-state index in [1.165, 1.54) is 25.7 Å². The molecule has 0 radical (unpaired) electrons. The Balaban J connectivity index is 2.23. The number of likely N-dealkylation sites (tertiary alicyclic amines) is 1. The average molecular weight is 269 g/mol. The molecule has 4 heteroatoms. The van der Waals surface area contributed by atoms with Crippen LogP contribution in [0.3, 0.4) is 0 Å². The minimum absolute atomic E-state index is 0.0711. The maximum Gasteiger partial charge on any atom is 0.120 e. The van der Waals surface area contributed by atoms with E-state index in [1.807, 2.05) is 6.07 Å². The number of halogens is 1. The third-order valence-electron chi connectivity index (χ3n) is 3.65. The van der Waals surface area contributed by atoms with Crippen LogP contribution in [0, 0.1) is 0 Å². The molecule has 1 saturated heterocycles. The SMILES string of the molecule is NCC(c1cc(Cl)ccc1O)N1CCCCCC1. The van der Waals surface area contributed by atoms with Crippen LogP contribution in [0.15, 0.2) is 18.2 Å². The standard InChI is InChI=1S/C14H21ClN2O/c15-11-5-6-14(18)12(9-11)13(10-16)17-7-3-1-2-4-8-17/h5-6,9,13,18H,1-4,7-8,10,16H2. The topological polar surface area (TPSA) is 49.5 Å². The van der Waals surface area contributed by atoms with Crippen LogP contribution in [0.4, 0.5) is 0 Å². The Kier molecular flexibility index (Phi) is 4.87. The van der Waals surface area contributed by atoms with E-state index < -0.39 is 0 Å². The number of nitrogens with zero attached hydrogens (tertiary/aromatic N) is 1. The molecule has 0 amide bonds. The Bertz CT molecular complexity index is 389. The summed E-state index contributed by atoms with van der Waals surface area (Å²) in [6.07, 6.45) is 4.99. The molecule has 0 aliphatic carbocycles. The fourth-order valence-electron chi connectivity index (χ4n) is 2.67. The van der Waals surface area contributed by atoms with Crippen molar-refractivity contribution in [3.05, 3.63) is 28.8 Å². The molecule has 3 N–H and O–H groups in total. The number of hydrogen-bond donors (Lipinski definition) is 2. The zero-order valence-electron chi connectivity index (χ0n) is 10.6. The van der Waals surface area contributed by atoms with Gasteiger partial charge in [0, 0.05) is 17.1 Å². The highest BCUT2D eigenvalue weighted by Gasteiger charge is 2.22. The zero-order chi connectivity index (χ0) is 13.0. The smallest absolute Gasteiger partial charge is 0.120 e. The molecule has 1 atom stereocenters. The molecule has 100 valence electrons. The van der Waals surface area contributed by atoms with Crippen LogP contribution < -0.4 is 5.73 Å². The van der Waals surface area contributed by atoms with Crippen molar-refractivity contribution < 1.29 is 5.11 Å². The van der Waals surface area contributed by atoms with Gasteiger partial charge in [0.25, 0.3) is 0 Å². The molecule has 2 rings (SSSR count). The molecule has 1 aliphatic heterocycles.